The summed E-state index contributed by atoms with van der Waals surface area (Å²) in [5.41, 5.74) is 0.306. The molecular formula is C15H16FNO3. The number of carbonyl (C=O) groups excluding carboxylic acids is 1. The Hall–Kier alpha value is -2.17. The molecule has 2 rings (SSSR count). The Bertz CT molecular complexity index is 556. The second-order valence-electron chi connectivity index (χ2n) is 4.94. The van der Waals surface area contributed by atoms with E-state index in [0.717, 1.165) is 0 Å². The highest BCUT2D eigenvalue weighted by Crippen LogP contribution is 2.24. The molecule has 1 aliphatic heterocycles. The molecule has 0 radical (unpaired) electrons. The van der Waals surface area contributed by atoms with Gasteiger partial charge in [0.2, 0.25) is 5.91 Å². The number of amides is 1. The third kappa shape index (κ3) is 2.87. The molecule has 2 unspecified atom stereocenters. The van der Waals surface area contributed by atoms with Crippen molar-refractivity contribution in [3.63, 3.8) is 0 Å². The highest BCUT2D eigenvalue weighted by Gasteiger charge is 2.38. The first-order valence-corrected chi connectivity index (χ1v) is 6.46. The second-order valence-corrected chi connectivity index (χ2v) is 4.94. The van der Waals surface area contributed by atoms with Crippen LogP contribution in [0.4, 0.5) is 4.39 Å². The van der Waals surface area contributed by atoms with Gasteiger partial charge in [-0.25, -0.2) is 9.18 Å². The molecule has 1 aromatic carbocycles. The summed E-state index contributed by atoms with van der Waals surface area (Å²) in [6, 6.07) is 5.30. The van der Waals surface area contributed by atoms with Crippen molar-refractivity contribution in [2.75, 3.05) is 6.54 Å². The van der Waals surface area contributed by atoms with E-state index in [1.165, 1.54) is 23.1 Å². The van der Waals surface area contributed by atoms with Crippen molar-refractivity contribution in [3.8, 4) is 0 Å². The Labute approximate surface area is 116 Å². The fourth-order valence-electron chi connectivity index (χ4n) is 2.44. The number of likely N-dealkylation sites (tertiary alicyclic amines) is 1. The van der Waals surface area contributed by atoms with Gasteiger partial charge in [-0.05, 0) is 24.5 Å². The molecule has 106 valence electrons. The summed E-state index contributed by atoms with van der Waals surface area (Å²) in [5.74, 6) is -1.88. The molecule has 0 saturated carbocycles. The Balaban J connectivity index is 2.12. The van der Waals surface area contributed by atoms with Gasteiger partial charge in [-0.2, -0.15) is 0 Å². The lowest BCUT2D eigenvalue weighted by atomic mass is 10.0. The van der Waals surface area contributed by atoms with E-state index in [4.69, 9.17) is 5.11 Å². The van der Waals surface area contributed by atoms with Crippen LogP contribution >= 0.6 is 0 Å². The molecule has 0 aliphatic carbocycles. The average molecular weight is 277 g/mol. The molecule has 2 atom stereocenters. The minimum atomic E-state index is -0.998. The first kappa shape index (κ1) is 14.2. The topological polar surface area (TPSA) is 57.6 Å². The lowest BCUT2D eigenvalue weighted by Gasteiger charge is -2.21. The number of carboxylic acids is 1. The first-order valence-electron chi connectivity index (χ1n) is 6.46. The zero-order chi connectivity index (χ0) is 14.7. The van der Waals surface area contributed by atoms with Crippen LogP contribution in [0.3, 0.4) is 0 Å². The van der Waals surface area contributed by atoms with Crippen molar-refractivity contribution in [1.82, 2.24) is 4.90 Å². The molecule has 1 N–H and O–H groups in total. The molecule has 1 aromatic rings. The summed E-state index contributed by atoms with van der Waals surface area (Å²) >= 11 is 0. The zero-order valence-electron chi connectivity index (χ0n) is 11.1. The molecule has 0 aromatic heterocycles. The van der Waals surface area contributed by atoms with E-state index in [1.54, 1.807) is 18.2 Å². The van der Waals surface area contributed by atoms with E-state index in [2.05, 4.69) is 0 Å². The van der Waals surface area contributed by atoms with E-state index in [1.807, 2.05) is 6.92 Å². The van der Waals surface area contributed by atoms with Crippen molar-refractivity contribution in [3.05, 3.63) is 41.7 Å². The van der Waals surface area contributed by atoms with E-state index in [-0.39, 0.29) is 5.92 Å². The van der Waals surface area contributed by atoms with Gasteiger partial charge in [0.05, 0.1) is 0 Å². The Morgan fingerprint density at radius 3 is 2.75 bits per heavy atom. The van der Waals surface area contributed by atoms with Gasteiger partial charge in [0.25, 0.3) is 0 Å². The number of carboxylic acid groups (broad SMARTS) is 1. The molecule has 5 heteroatoms. The predicted octanol–water partition coefficient (Wildman–Crippen LogP) is 2.16. The number of aliphatic carboxylic acids is 1. The monoisotopic (exact) mass is 277 g/mol. The zero-order valence-corrected chi connectivity index (χ0v) is 11.1. The summed E-state index contributed by atoms with van der Waals surface area (Å²) in [4.78, 5) is 24.5. The molecule has 20 heavy (non-hydrogen) atoms. The average Bonchev–Trinajstić information content (AvgIpc) is 2.79. The summed E-state index contributed by atoms with van der Waals surface area (Å²) in [5, 5.41) is 9.15. The summed E-state index contributed by atoms with van der Waals surface area (Å²) in [6.07, 6.45) is 3.27. The molecule has 1 amide bonds. The SMILES string of the molecule is CC1CCN(C(=O)/C=C/c2ccccc2F)C1C(=O)O. The van der Waals surface area contributed by atoms with Crippen LogP contribution in [-0.2, 0) is 9.59 Å². The molecule has 4 nitrogen and oxygen atoms in total. The molecular weight excluding hydrogens is 261 g/mol. The van der Waals surface area contributed by atoms with E-state index in [9.17, 15) is 14.0 Å². The Kier molecular flexibility index (Phi) is 4.17. The minimum absolute atomic E-state index is 0.0710. The van der Waals surface area contributed by atoms with Crippen LogP contribution < -0.4 is 0 Å². The lowest BCUT2D eigenvalue weighted by molar-refractivity contribution is -0.147. The number of benzene rings is 1. The van der Waals surface area contributed by atoms with Gasteiger partial charge in [-0.1, -0.05) is 25.1 Å². The maximum Gasteiger partial charge on any atom is 0.326 e. The molecule has 1 aliphatic rings. The minimum Gasteiger partial charge on any atom is -0.480 e. The van der Waals surface area contributed by atoms with Crippen molar-refractivity contribution in [1.29, 1.82) is 0 Å². The fourth-order valence-corrected chi connectivity index (χ4v) is 2.44. The third-order valence-electron chi connectivity index (χ3n) is 3.55. The normalized spacial score (nSPS) is 22.4. The van der Waals surface area contributed by atoms with Crippen molar-refractivity contribution >= 4 is 18.0 Å². The quantitative estimate of drug-likeness (QED) is 0.861. The molecule has 1 saturated heterocycles. The van der Waals surface area contributed by atoms with Gasteiger partial charge >= 0.3 is 5.97 Å². The number of nitrogens with zero attached hydrogens (tertiary/aromatic N) is 1. The largest absolute Gasteiger partial charge is 0.480 e. The maximum atomic E-state index is 13.4. The number of rotatable bonds is 3. The third-order valence-corrected chi connectivity index (χ3v) is 3.55. The van der Waals surface area contributed by atoms with Crippen LogP contribution in [-0.4, -0.2) is 34.5 Å². The van der Waals surface area contributed by atoms with Crippen LogP contribution in [0.1, 0.15) is 18.9 Å². The highest BCUT2D eigenvalue weighted by molar-refractivity contribution is 5.94. The number of hydrogen-bond donors (Lipinski definition) is 1. The van der Waals surface area contributed by atoms with Crippen LogP contribution in [0.5, 0.6) is 0 Å². The smallest absolute Gasteiger partial charge is 0.326 e. The highest BCUT2D eigenvalue weighted by atomic mass is 19.1. The Morgan fingerprint density at radius 2 is 2.10 bits per heavy atom. The molecule has 0 bridgehead atoms. The second kappa shape index (κ2) is 5.86. The van der Waals surface area contributed by atoms with E-state index < -0.39 is 23.7 Å². The van der Waals surface area contributed by atoms with E-state index in [0.29, 0.717) is 18.5 Å². The number of hydrogen-bond acceptors (Lipinski definition) is 2. The molecule has 1 heterocycles. The fraction of sp³-hybridized carbons (Fsp3) is 0.333. The van der Waals surface area contributed by atoms with Gasteiger partial charge in [0.15, 0.2) is 0 Å². The van der Waals surface area contributed by atoms with Crippen molar-refractivity contribution in [2.24, 2.45) is 5.92 Å². The predicted molar refractivity (Wildman–Crippen MR) is 72.4 cm³/mol. The van der Waals surface area contributed by atoms with E-state index >= 15 is 0 Å². The first-order chi connectivity index (χ1) is 9.50. The van der Waals surface area contributed by atoms with Crippen molar-refractivity contribution in [2.45, 2.75) is 19.4 Å². The van der Waals surface area contributed by atoms with Crippen LogP contribution in [0, 0.1) is 11.7 Å². The van der Waals surface area contributed by atoms with Crippen LogP contribution in [0.25, 0.3) is 6.08 Å². The molecule has 1 fully saturated rings. The van der Waals surface area contributed by atoms with Gasteiger partial charge in [-0.3, -0.25) is 4.79 Å². The van der Waals surface area contributed by atoms with Crippen molar-refractivity contribution < 1.29 is 19.1 Å². The van der Waals surface area contributed by atoms with Crippen LogP contribution in [0.15, 0.2) is 30.3 Å². The standard InChI is InChI=1S/C15H16FNO3/c1-10-8-9-17(14(10)15(19)20)13(18)7-6-11-4-2-3-5-12(11)16/h2-7,10,14H,8-9H2,1H3,(H,19,20)/b7-6+. The lowest BCUT2D eigenvalue weighted by Crippen LogP contribution is -2.42. The van der Waals surface area contributed by atoms with Gasteiger partial charge < -0.3 is 10.0 Å². The van der Waals surface area contributed by atoms with Crippen LogP contribution in [0.2, 0.25) is 0 Å². The maximum absolute atomic E-state index is 13.4. The Morgan fingerprint density at radius 1 is 1.40 bits per heavy atom. The summed E-state index contributed by atoms with van der Waals surface area (Å²) in [7, 11) is 0. The van der Waals surface area contributed by atoms with Gasteiger partial charge in [0, 0.05) is 18.2 Å². The van der Waals surface area contributed by atoms with Gasteiger partial charge in [-0.15, -0.1) is 0 Å². The number of halogens is 1. The molecule has 0 spiro atoms. The summed E-state index contributed by atoms with van der Waals surface area (Å²) < 4.78 is 13.4. The summed E-state index contributed by atoms with van der Waals surface area (Å²) in [6.45, 7) is 2.23. The number of carbonyl (C=O) groups is 2. The van der Waals surface area contributed by atoms with Gasteiger partial charge in [0.1, 0.15) is 11.9 Å².